The van der Waals surface area contributed by atoms with Gasteiger partial charge in [0, 0.05) is 0 Å². The maximum atomic E-state index is 9.00. The first kappa shape index (κ1) is 16.7. The minimum atomic E-state index is -1.86. The average Bonchev–Trinajstić information content (AvgIpc) is 1.25. The van der Waals surface area contributed by atoms with Crippen LogP contribution in [0.15, 0.2) is 0 Å². The molecule has 0 saturated carbocycles. The fraction of sp³-hybridized carbons (Fsp3) is 1.00. The summed E-state index contributed by atoms with van der Waals surface area (Å²) < 4.78 is 36.0. The molecule has 0 aromatic heterocycles. The predicted molar refractivity (Wildman–Crippen MR) is 30.8 cm³/mol. The van der Waals surface area contributed by atoms with Gasteiger partial charge in [0.2, 0.25) is 0 Å². The smallest absolute Gasteiger partial charge is 0.773 e. The van der Waals surface area contributed by atoms with Gasteiger partial charge in [-0.05, 0) is 12.5 Å². The normalized spacial score (nSPS) is 13.8. The van der Waals surface area contributed by atoms with Crippen LogP contribution in [0.2, 0.25) is 0 Å². The van der Waals surface area contributed by atoms with E-state index in [1.807, 2.05) is 0 Å². The van der Waals surface area contributed by atoms with Gasteiger partial charge < -0.3 is 9.11 Å². The molecule has 2 unspecified atom stereocenters. The van der Waals surface area contributed by atoms with Gasteiger partial charge in [-0.2, -0.15) is 0 Å². The predicted octanol–water partition coefficient (Wildman–Crippen LogP) is -3.89. The summed E-state index contributed by atoms with van der Waals surface area (Å²) in [6.45, 7) is 0. The van der Waals surface area contributed by atoms with Gasteiger partial charge in [0.05, 0.1) is 0 Å². The van der Waals surface area contributed by atoms with Crippen molar-refractivity contribution in [2.45, 2.75) is 0 Å². The number of rotatable bonds is 0. The van der Waals surface area contributed by atoms with E-state index in [9.17, 15) is 0 Å². The largest absolute Gasteiger partial charge is 1.00 e. The second kappa shape index (κ2) is 12.0. The van der Waals surface area contributed by atoms with Crippen molar-refractivity contribution in [3.8, 4) is 0 Å². The van der Waals surface area contributed by atoms with E-state index in [1.54, 1.807) is 0 Å². The molecule has 0 spiro atoms. The van der Waals surface area contributed by atoms with Crippen LogP contribution in [0.1, 0.15) is 1.43 Å². The van der Waals surface area contributed by atoms with E-state index in [0.717, 1.165) is 12.5 Å². The molecule has 0 aromatic carbocycles. The van der Waals surface area contributed by atoms with Crippen molar-refractivity contribution in [2.75, 3.05) is 12.5 Å². The molecule has 0 aliphatic rings. The first-order valence-electron chi connectivity index (χ1n) is 1.48. The summed E-state index contributed by atoms with van der Waals surface area (Å²) in [6, 6.07) is 0. The van der Waals surface area contributed by atoms with Crippen molar-refractivity contribution in [2.24, 2.45) is 0 Å². The van der Waals surface area contributed by atoms with Gasteiger partial charge >= 0.3 is 31.0 Å². The Hall–Kier alpha value is 1.22. The molecule has 7 heteroatoms. The zero-order valence-corrected chi connectivity index (χ0v) is 9.08. The molecule has 0 N–H and O–H groups in total. The van der Waals surface area contributed by atoms with Crippen LogP contribution < -0.4 is 29.6 Å². The van der Waals surface area contributed by atoms with Crippen LogP contribution >= 0.6 is 0 Å². The van der Waals surface area contributed by atoms with E-state index in [1.165, 1.54) is 0 Å². The molecule has 4 nitrogen and oxygen atoms in total. The monoisotopic (exact) mass is 182 g/mol. The third-order valence-electron chi connectivity index (χ3n) is 0. The van der Waals surface area contributed by atoms with Gasteiger partial charge in [0.25, 0.3) is 0 Å². The van der Waals surface area contributed by atoms with Gasteiger partial charge in [-0.25, -0.2) is 0 Å². The molecular weight excluding hydrogens is 175 g/mol. The summed E-state index contributed by atoms with van der Waals surface area (Å²) in [4.78, 5) is 0. The summed E-state index contributed by atoms with van der Waals surface area (Å²) in [5.41, 5.74) is 0. The van der Waals surface area contributed by atoms with Crippen LogP contribution in [-0.4, -0.2) is 30.0 Å². The van der Waals surface area contributed by atoms with E-state index in [0.29, 0.717) is 0 Å². The maximum Gasteiger partial charge on any atom is 1.00 e. The fourth-order valence-electron chi connectivity index (χ4n) is 0. The molecule has 0 rings (SSSR count). The summed E-state index contributed by atoms with van der Waals surface area (Å²) in [5.74, 6) is 0. The first-order valence-corrected chi connectivity index (χ1v) is 4.45. The van der Waals surface area contributed by atoms with Crippen LogP contribution in [0.4, 0.5) is 0 Å². The molecule has 0 fully saturated rings. The Morgan fingerprint density at radius 1 is 1.11 bits per heavy atom. The Bertz CT molecular complexity index is 79.3. The average molecular weight is 182 g/mol. The first-order chi connectivity index (χ1) is 3.46. The molecule has 0 aromatic rings. The van der Waals surface area contributed by atoms with Crippen molar-refractivity contribution >= 4 is 22.2 Å². The topological polar surface area (TPSA) is 80.3 Å². The number of hydrogen-bond donors (Lipinski definition) is 0. The van der Waals surface area contributed by atoms with Crippen LogP contribution in [-0.2, 0) is 22.2 Å². The summed E-state index contributed by atoms with van der Waals surface area (Å²) >= 11 is -3.72. The summed E-state index contributed by atoms with van der Waals surface area (Å²) in [5, 5.41) is 0. The second-order valence-electron chi connectivity index (χ2n) is 0.803. The van der Waals surface area contributed by atoms with E-state index >= 15 is 0 Å². The van der Waals surface area contributed by atoms with Crippen LogP contribution in [0.25, 0.3) is 0 Å². The van der Waals surface area contributed by atoms with Gasteiger partial charge in [0.1, 0.15) is 0 Å². The standard InChI is InChI=1S/2CH4O2S.Na/c2*1-4(2)3;/h2*1H3,(H,2,3);/q;;+1/p-1. The molecule has 52 valence electrons. The van der Waals surface area contributed by atoms with Crippen LogP contribution in [0.5, 0.6) is 0 Å². The van der Waals surface area contributed by atoms with Crippen molar-refractivity contribution in [3.63, 3.8) is 0 Å². The maximum absolute atomic E-state index is 9.00. The van der Waals surface area contributed by atoms with Crippen molar-refractivity contribution in [1.29, 1.82) is 0 Å². The Labute approximate surface area is 82.8 Å². The van der Waals surface area contributed by atoms with Crippen molar-refractivity contribution in [1.82, 2.24) is 0 Å². The van der Waals surface area contributed by atoms with Gasteiger partial charge in [-0.3, -0.25) is 8.42 Å². The van der Waals surface area contributed by atoms with E-state index in [4.69, 9.17) is 17.5 Å². The molecule has 0 radical (unpaired) electrons. The molecule has 9 heavy (non-hydrogen) atoms. The molecule has 0 aliphatic carbocycles. The molecule has 0 amide bonds. The third-order valence-corrected chi connectivity index (χ3v) is 0. The third kappa shape index (κ3) is 323. The SMILES string of the molecule is CS(=O)[O-].CS(=O)[O-].[H+].[Na+]. The molecular formula is C2H7NaO4S2. The molecule has 0 heterocycles. The minimum absolute atomic E-state index is 0. The zero-order valence-electron chi connectivity index (χ0n) is 6.45. The van der Waals surface area contributed by atoms with Crippen LogP contribution in [0.3, 0.4) is 0 Å². The Morgan fingerprint density at radius 2 is 1.11 bits per heavy atom. The van der Waals surface area contributed by atoms with Crippen LogP contribution in [0, 0.1) is 0 Å². The molecule has 0 saturated heterocycles. The Morgan fingerprint density at radius 3 is 1.11 bits per heavy atom. The van der Waals surface area contributed by atoms with Gasteiger partial charge in [-0.15, -0.1) is 0 Å². The van der Waals surface area contributed by atoms with E-state index in [2.05, 4.69) is 0 Å². The Kier molecular flexibility index (Phi) is 22.1. The van der Waals surface area contributed by atoms with E-state index < -0.39 is 22.2 Å². The minimum Gasteiger partial charge on any atom is -0.773 e. The fourth-order valence-corrected chi connectivity index (χ4v) is 0. The van der Waals surface area contributed by atoms with E-state index in [-0.39, 0.29) is 31.0 Å². The Balaban J connectivity index is -0.0000000300. The zero-order chi connectivity index (χ0) is 7.15. The summed E-state index contributed by atoms with van der Waals surface area (Å²) in [6.07, 6.45) is 2.17. The van der Waals surface area contributed by atoms with Gasteiger partial charge in [0.15, 0.2) is 0 Å². The molecule has 0 bridgehead atoms. The molecule has 2 atom stereocenters. The quantitative estimate of drug-likeness (QED) is 0.283. The van der Waals surface area contributed by atoms with Crippen molar-refractivity contribution < 1.29 is 48.5 Å². The second-order valence-corrected chi connectivity index (χ2v) is 2.41. The summed E-state index contributed by atoms with van der Waals surface area (Å²) in [7, 11) is 0. The van der Waals surface area contributed by atoms with Crippen molar-refractivity contribution in [3.05, 3.63) is 0 Å². The van der Waals surface area contributed by atoms with Gasteiger partial charge in [-0.1, -0.05) is 22.2 Å². The number of hydrogen-bond acceptors (Lipinski definition) is 4. The molecule has 0 aliphatic heterocycles.